The van der Waals surface area contributed by atoms with E-state index in [2.05, 4.69) is 21.2 Å². The molecule has 1 atom stereocenters. The van der Waals surface area contributed by atoms with Crippen LogP contribution in [0.4, 0.5) is 0 Å². The SMILES string of the molecule is CCC(C)(CCCl)NC(=O)c1cc(Br)ccc1Cl. The lowest BCUT2D eigenvalue weighted by atomic mass is 9.95. The molecule has 2 nitrogen and oxygen atoms in total. The van der Waals surface area contributed by atoms with E-state index in [1.54, 1.807) is 18.2 Å². The van der Waals surface area contributed by atoms with Crippen molar-refractivity contribution in [3.05, 3.63) is 33.3 Å². The summed E-state index contributed by atoms with van der Waals surface area (Å²) in [4.78, 5) is 12.2. The summed E-state index contributed by atoms with van der Waals surface area (Å²) in [5, 5.41) is 3.44. The average Bonchev–Trinajstić information content (AvgIpc) is 2.32. The molecule has 0 fully saturated rings. The number of hydrogen-bond acceptors (Lipinski definition) is 1. The van der Waals surface area contributed by atoms with Crippen molar-refractivity contribution >= 4 is 45.0 Å². The Kier molecular flexibility index (Phi) is 5.96. The number of carbonyl (C=O) groups excluding carboxylic acids is 1. The fraction of sp³-hybridized carbons (Fsp3) is 0.462. The predicted molar refractivity (Wildman–Crippen MR) is 80.7 cm³/mol. The maximum Gasteiger partial charge on any atom is 0.253 e. The molecule has 0 saturated heterocycles. The van der Waals surface area contributed by atoms with Crippen LogP contribution in [0.1, 0.15) is 37.0 Å². The van der Waals surface area contributed by atoms with Gasteiger partial charge in [-0.25, -0.2) is 0 Å². The summed E-state index contributed by atoms with van der Waals surface area (Å²) in [7, 11) is 0. The number of nitrogens with one attached hydrogen (secondary N) is 1. The molecule has 1 N–H and O–H groups in total. The largest absolute Gasteiger partial charge is 0.347 e. The van der Waals surface area contributed by atoms with E-state index in [0.717, 1.165) is 17.3 Å². The van der Waals surface area contributed by atoms with Crippen LogP contribution in [0.15, 0.2) is 22.7 Å². The van der Waals surface area contributed by atoms with E-state index >= 15 is 0 Å². The van der Waals surface area contributed by atoms with Gasteiger partial charge < -0.3 is 5.32 Å². The fourth-order valence-electron chi connectivity index (χ4n) is 1.55. The van der Waals surface area contributed by atoms with Crippen molar-refractivity contribution in [1.82, 2.24) is 5.32 Å². The van der Waals surface area contributed by atoms with E-state index in [9.17, 15) is 4.79 Å². The number of hydrogen-bond donors (Lipinski definition) is 1. The number of alkyl halides is 1. The van der Waals surface area contributed by atoms with E-state index in [0.29, 0.717) is 16.5 Å². The van der Waals surface area contributed by atoms with Crippen LogP contribution >= 0.6 is 39.1 Å². The maximum absolute atomic E-state index is 12.2. The molecule has 1 aromatic carbocycles. The van der Waals surface area contributed by atoms with Gasteiger partial charge in [-0.15, -0.1) is 11.6 Å². The van der Waals surface area contributed by atoms with Crippen LogP contribution in [0.3, 0.4) is 0 Å². The van der Waals surface area contributed by atoms with E-state index < -0.39 is 0 Å². The lowest BCUT2D eigenvalue weighted by molar-refractivity contribution is 0.0901. The summed E-state index contributed by atoms with van der Waals surface area (Å²) in [6, 6.07) is 5.22. The number of halogens is 3. The summed E-state index contributed by atoms with van der Waals surface area (Å²) < 4.78 is 0.826. The minimum atomic E-state index is -0.301. The Balaban J connectivity index is 2.90. The first-order chi connectivity index (χ1) is 8.41. The summed E-state index contributed by atoms with van der Waals surface area (Å²) in [5.74, 6) is 0.340. The second-order valence-corrected chi connectivity index (χ2v) is 6.13. The van der Waals surface area contributed by atoms with Gasteiger partial charge in [-0.2, -0.15) is 0 Å². The van der Waals surface area contributed by atoms with E-state index in [1.165, 1.54) is 0 Å². The molecule has 1 amide bonds. The monoisotopic (exact) mass is 351 g/mol. The summed E-state index contributed by atoms with van der Waals surface area (Å²) in [6.07, 6.45) is 1.54. The molecule has 100 valence electrons. The molecule has 0 aromatic heterocycles. The normalized spacial score (nSPS) is 14.1. The van der Waals surface area contributed by atoms with Crippen LogP contribution in [-0.4, -0.2) is 17.3 Å². The van der Waals surface area contributed by atoms with Crippen molar-refractivity contribution in [3.8, 4) is 0 Å². The molecule has 0 saturated carbocycles. The highest BCUT2D eigenvalue weighted by Crippen LogP contribution is 2.23. The van der Waals surface area contributed by atoms with Crippen LogP contribution in [0, 0.1) is 0 Å². The molecular weight excluding hydrogens is 337 g/mol. The van der Waals surface area contributed by atoms with Gasteiger partial charge in [-0.3, -0.25) is 4.79 Å². The van der Waals surface area contributed by atoms with Crippen LogP contribution < -0.4 is 5.32 Å². The Morgan fingerprint density at radius 1 is 1.50 bits per heavy atom. The van der Waals surface area contributed by atoms with Gasteiger partial charge in [0.05, 0.1) is 10.6 Å². The second-order valence-electron chi connectivity index (χ2n) is 4.43. The third kappa shape index (κ3) is 4.15. The van der Waals surface area contributed by atoms with Crippen molar-refractivity contribution in [2.75, 3.05) is 5.88 Å². The highest BCUT2D eigenvalue weighted by Gasteiger charge is 2.25. The molecule has 0 aliphatic heterocycles. The zero-order chi connectivity index (χ0) is 13.8. The van der Waals surface area contributed by atoms with Crippen LogP contribution in [-0.2, 0) is 0 Å². The van der Waals surface area contributed by atoms with Crippen molar-refractivity contribution in [2.24, 2.45) is 0 Å². The smallest absolute Gasteiger partial charge is 0.253 e. The van der Waals surface area contributed by atoms with Gasteiger partial charge in [0, 0.05) is 15.9 Å². The first-order valence-corrected chi connectivity index (χ1v) is 7.46. The van der Waals surface area contributed by atoms with Gasteiger partial charge >= 0.3 is 0 Å². The maximum atomic E-state index is 12.2. The molecular formula is C13H16BrCl2NO. The Labute approximate surface area is 126 Å². The van der Waals surface area contributed by atoms with Gasteiger partial charge in [0.25, 0.3) is 5.91 Å². The molecule has 1 rings (SSSR count). The highest BCUT2D eigenvalue weighted by atomic mass is 79.9. The van der Waals surface area contributed by atoms with E-state index in [4.69, 9.17) is 23.2 Å². The zero-order valence-corrected chi connectivity index (χ0v) is 13.5. The molecule has 0 bridgehead atoms. The number of carbonyl (C=O) groups is 1. The Bertz CT molecular complexity index is 439. The molecule has 5 heteroatoms. The standard InChI is InChI=1S/C13H16BrCl2NO/c1-3-13(2,6-7-15)17-12(18)10-8-9(14)4-5-11(10)16/h4-5,8H,3,6-7H2,1-2H3,(H,17,18). The molecule has 18 heavy (non-hydrogen) atoms. The van der Waals surface area contributed by atoms with Crippen molar-refractivity contribution in [3.63, 3.8) is 0 Å². The van der Waals surface area contributed by atoms with E-state index in [1.807, 2.05) is 13.8 Å². The second kappa shape index (κ2) is 6.78. The quantitative estimate of drug-likeness (QED) is 0.769. The minimum Gasteiger partial charge on any atom is -0.347 e. The van der Waals surface area contributed by atoms with E-state index in [-0.39, 0.29) is 11.4 Å². The topological polar surface area (TPSA) is 29.1 Å². The first kappa shape index (κ1) is 15.8. The van der Waals surface area contributed by atoms with Crippen LogP contribution in [0.5, 0.6) is 0 Å². The Hall–Kier alpha value is -0.250. The first-order valence-electron chi connectivity index (χ1n) is 5.75. The number of rotatable bonds is 5. The van der Waals surface area contributed by atoms with Crippen LogP contribution in [0.2, 0.25) is 5.02 Å². The lowest BCUT2D eigenvalue weighted by Crippen LogP contribution is -2.45. The van der Waals surface area contributed by atoms with Gasteiger partial charge in [-0.1, -0.05) is 34.5 Å². The Morgan fingerprint density at radius 2 is 2.17 bits per heavy atom. The molecule has 1 aromatic rings. The molecule has 0 aliphatic rings. The van der Waals surface area contributed by atoms with Crippen LogP contribution in [0.25, 0.3) is 0 Å². The van der Waals surface area contributed by atoms with Gasteiger partial charge in [0.2, 0.25) is 0 Å². The molecule has 0 aliphatic carbocycles. The van der Waals surface area contributed by atoms with Crippen molar-refractivity contribution in [1.29, 1.82) is 0 Å². The van der Waals surface area contributed by atoms with Gasteiger partial charge in [-0.05, 0) is 38.0 Å². The number of amides is 1. The number of benzene rings is 1. The molecule has 0 radical (unpaired) electrons. The molecule has 0 heterocycles. The average molecular weight is 353 g/mol. The molecule has 1 unspecified atom stereocenters. The highest BCUT2D eigenvalue weighted by molar-refractivity contribution is 9.10. The summed E-state index contributed by atoms with van der Waals surface area (Å²) in [6.45, 7) is 4.01. The summed E-state index contributed by atoms with van der Waals surface area (Å²) in [5.41, 5.74) is 0.171. The fourth-order valence-corrected chi connectivity index (χ4v) is 2.53. The third-order valence-electron chi connectivity index (χ3n) is 3.01. The lowest BCUT2D eigenvalue weighted by Gasteiger charge is -2.29. The minimum absolute atomic E-state index is 0.171. The summed E-state index contributed by atoms with van der Waals surface area (Å²) >= 11 is 15.1. The molecule has 0 spiro atoms. The van der Waals surface area contributed by atoms with Crippen molar-refractivity contribution in [2.45, 2.75) is 32.2 Å². The van der Waals surface area contributed by atoms with Crippen molar-refractivity contribution < 1.29 is 4.79 Å². The predicted octanol–water partition coefficient (Wildman–Crippen LogP) is 4.63. The van der Waals surface area contributed by atoms with Gasteiger partial charge in [0.1, 0.15) is 0 Å². The Morgan fingerprint density at radius 3 is 2.72 bits per heavy atom. The van der Waals surface area contributed by atoms with Gasteiger partial charge in [0.15, 0.2) is 0 Å². The zero-order valence-electron chi connectivity index (χ0n) is 10.4. The third-order valence-corrected chi connectivity index (χ3v) is 4.03.